The maximum Gasteiger partial charge on any atom is 0.151 e. The van der Waals surface area contributed by atoms with Gasteiger partial charge >= 0.3 is 0 Å². The first-order valence-electron chi connectivity index (χ1n) is 12.1. The van der Waals surface area contributed by atoms with Crippen LogP contribution in [-0.4, -0.2) is 14.4 Å². The maximum atomic E-state index is 11.6. The van der Waals surface area contributed by atoms with Crippen molar-refractivity contribution in [3.05, 3.63) is 119 Å². The van der Waals surface area contributed by atoms with Gasteiger partial charge in [0.05, 0.1) is 0 Å². The summed E-state index contributed by atoms with van der Waals surface area (Å²) >= 11 is 0. The summed E-state index contributed by atoms with van der Waals surface area (Å²) in [5.41, 5.74) is 9.02. The average Bonchev–Trinajstić information content (AvgIpc) is 2.90. The molecule has 2 heteroatoms. The Balaban J connectivity index is 1.87. The number of rotatable bonds is 2. The number of hydrogen-bond donors (Lipinski definition) is 0. The first kappa shape index (κ1) is 23.4. The molecule has 0 N–H and O–H groups in total. The second-order valence-electron chi connectivity index (χ2n) is 9.87. The highest BCUT2D eigenvalue weighted by atomic mass is 28.3. The molecule has 0 spiro atoms. The van der Waals surface area contributed by atoms with Crippen molar-refractivity contribution in [2.75, 3.05) is 0 Å². The molecule has 0 aliphatic rings. The van der Waals surface area contributed by atoms with E-state index in [0.717, 1.165) is 50.3 Å². The van der Waals surface area contributed by atoms with Crippen LogP contribution in [0.4, 0.5) is 0 Å². The molecule has 0 bridgehead atoms. The van der Waals surface area contributed by atoms with Gasteiger partial charge in [0, 0.05) is 33.4 Å². The quantitative estimate of drug-likeness (QED) is 0.142. The molecular formula is C34H26OSi. The molecule has 0 saturated carbocycles. The van der Waals surface area contributed by atoms with E-state index in [4.69, 9.17) is 0 Å². The molecule has 172 valence electrons. The number of carbonyl (C=O) groups excluding carboxylic acids is 1. The van der Waals surface area contributed by atoms with Crippen molar-refractivity contribution in [3.8, 4) is 34.4 Å². The highest BCUT2D eigenvalue weighted by Crippen LogP contribution is 2.38. The largest absolute Gasteiger partial charge is 0.298 e. The average molecular weight is 479 g/mol. The van der Waals surface area contributed by atoms with E-state index >= 15 is 0 Å². The van der Waals surface area contributed by atoms with Crippen molar-refractivity contribution in [2.24, 2.45) is 0 Å². The van der Waals surface area contributed by atoms with Crippen molar-refractivity contribution in [1.29, 1.82) is 0 Å². The van der Waals surface area contributed by atoms with E-state index in [1.165, 1.54) is 5.39 Å². The summed E-state index contributed by atoms with van der Waals surface area (Å²) in [7, 11) is -1.59. The predicted octanol–water partition coefficient (Wildman–Crippen LogP) is 8.10. The summed E-state index contributed by atoms with van der Waals surface area (Å²) in [4.78, 5) is 11.6. The minimum atomic E-state index is -1.59. The molecule has 0 atom stereocenters. The van der Waals surface area contributed by atoms with E-state index in [1.807, 2.05) is 18.2 Å². The maximum absolute atomic E-state index is 11.6. The van der Waals surface area contributed by atoms with Crippen molar-refractivity contribution < 1.29 is 4.79 Å². The number of carbonyl (C=O) groups is 1. The Bertz CT molecular complexity index is 1750. The summed E-state index contributed by atoms with van der Waals surface area (Å²) in [6.45, 7) is 6.79. The number of hydrogen-bond acceptors (Lipinski definition) is 1. The van der Waals surface area contributed by atoms with E-state index in [2.05, 4.69) is 116 Å². The van der Waals surface area contributed by atoms with E-state index in [1.54, 1.807) is 6.07 Å². The van der Waals surface area contributed by atoms with Crippen LogP contribution in [0.3, 0.4) is 0 Å². The van der Waals surface area contributed by atoms with Gasteiger partial charge in [-0.3, -0.25) is 4.79 Å². The second kappa shape index (κ2) is 9.71. The molecule has 0 amide bonds. The lowest BCUT2D eigenvalue weighted by Gasteiger charge is -2.15. The first-order chi connectivity index (χ1) is 17.4. The Morgan fingerprint density at radius 1 is 0.556 bits per heavy atom. The van der Waals surface area contributed by atoms with Gasteiger partial charge in [-0.25, -0.2) is 0 Å². The van der Waals surface area contributed by atoms with Crippen molar-refractivity contribution >= 4 is 35.9 Å². The van der Waals surface area contributed by atoms with E-state index in [-0.39, 0.29) is 0 Å². The Kier molecular flexibility index (Phi) is 6.30. The SMILES string of the molecule is C[Si](C)(C)C#Cc1ccc2ccccc2c1-c1c(C#Cc2ccccc2C=O)ccc2ccccc12. The van der Waals surface area contributed by atoms with Crippen LogP contribution in [0.2, 0.25) is 19.6 Å². The fourth-order valence-corrected chi connectivity index (χ4v) is 4.90. The van der Waals surface area contributed by atoms with Crippen LogP contribution in [0.1, 0.15) is 27.0 Å². The topological polar surface area (TPSA) is 17.1 Å². The smallest absolute Gasteiger partial charge is 0.151 e. The van der Waals surface area contributed by atoms with Gasteiger partial charge in [0.1, 0.15) is 8.07 Å². The van der Waals surface area contributed by atoms with E-state index < -0.39 is 8.07 Å². The van der Waals surface area contributed by atoms with Gasteiger partial charge in [-0.05, 0) is 39.7 Å². The van der Waals surface area contributed by atoms with Gasteiger partial charge in [-0.2, -0.15) is 0 Å². The van der Waals surface area contributed by atoms with Crippen LogP contribution in [0, 0.1) is 23.3 Å². The Labute approximate surface area is 213 Å². The molecule has 0 fully saturated rings. The van der Waals surface area contributed by atoms with Gasteiger partial charge in [0.2, 0.25) is 0 Å². The molecule has 0 heterocycles. The molecule has 5 rings (SSSR count). The summed E-state index contributed by atoms with van der Waals surface area (Å²) in [6.07, 6.45) is 0.861. The summed E-state index contributed by atoms with van der Waals surface area (Å²) in [6, 6.07) is 32.9. The van der Waals surface area contributed by atoms with Gasteiger partial charge in [-0.15, -0.1) is 5.54 Å². The van der Waals surface area contributed by atoms with Crippen LogP contribution in [0.25, 0.3) is 32.7 Å². The Morgan fingerprint density at radius 3 is 1.64 bits per heavy atom. The number of benzene rings is 5. The zero-order valence-corrected chi connectivity index (χ0v) is 21.7. The van der Waals surface area contributed by atoms with Gasteiger partial charge in [0.15, 0.2) is 6.29 Å². The Morgan fingerprint density at radius 2 is 1.06 bits per heavy atom. The van der Waals surface area contributed by atoms with Crippen LogP contribution >= 0.6 is 0 Å². The van der Waals surface area contributed by atoms with Crippen molar-refractivity contribution in [1.82, 2.24) is 0 Å². The fraction of sp³-hybridized carbons (Fsp3) is 0.0882. The number of fused-ring (bicyclic) bond motifs is 2. The molecular weight excluding hydrogens is 452 g/mol. The molecule has 0 aliphatic carbocycles. The van der Waals surface area contributed by atoms with Crippen molar-refractivity contribution in [3.63, 3.8) is 0 Å². The van der Waals surface area contributed by atoms with Crippen LogP contribution in [0.5, 0.6) is 0 Å². The summed E-state index contributed by atoms with van der Waals surface area (Å²) in [5, 5.41) is 4.63. The first-order valence-corrected chi connectivity index (χ1v) is 15.6. The van der Waals surface area contributed by atoms with Crippen LogP contribution < -0.4 is 0 Å². The predicted molar refractivity (Wildman–Crippen MR) is 155 cm³/mol. The normalized spacial score (nSPS) is 10.9. The summed E-state index contributed by atoms with van der Waals surface area (Å²) < 4.78 is 0. The monoisotopic (exact) mass is 478 g/mol. The summed E-state index contributed by atoms with van der Waals surface area (Å²) in [5.74, 6) is 10.2. The third kappa shape index (κ3) is 4.73. The minimum absolute atomic E-state index is 0.596. The molecule has 0 unspecified atom stereocenters. The van der Waals surface area contributed by atoms with Crippen LogP contribution in [-0.2, 0) is 0 Å². The lowest BCUT2D eigenvalue weighted by atomic mass is 9.87. The van der Waals surface area contributed by atoms with Crippen molar-refractivity contribution in [2.45, 2.75) is 19.6 Å². The molecule has 0 saturated heterocycles. The van der Waals surface area contributed by atoms with Crippen LogP contribution in [0.15, 0.2) is 97.1 Å². The Hall–Kier alpha value is -4.37. The molecule has 0 aromatic heterocycles. The van der Waals surface area contributed by atoms with Gasteiger partial charge in [-0.1, -0.05) is 116 Å². The zero-order chi connectivity index (χ0) is 25.1. The molecule has 5 aromatic carbocycles. The third-order valence-corrected chi connectivity index (χ3v) is 6.97. The van der Waals surface area contributed by atoms with E-state index in [0.29, 0.717) is 5.56 Å². The standard InChI is InChI=1S/C34H26OSi/c1-36(2,3)23-22-29-21-18-27-12-7-9-15-32(27)34(29)33-28(20-17-26-11-6-8-14-31(26)33)19-16-25-10-4-5-13-30(25)24-35/h4-15,17-18,20-21,24H,1-3H3. The zero-order valence-electron chi connectivity index (χ0n) is 20.7. The molecule has 36 heavy (non-hydrogen) atoms. The van der Waals surface area contributed by atoms with Gasteiger partial charge < -0.3 is 0 Å². The molecule has 0 radical (unpaired) electrons. The molecule has 1 nitrogen and oxygen atoms in total. The minimum Gasteiger partial charge on any atom is -0.298 e. The number of aldehydes is 1. The molecule has 0 aliphatic heterocycles. The van der Waals surface area contributed by atoms with E-state index in [9.17, 15) is 4.79 Å². The highest BCUT2D eigenvalue weighted by molar-refractivity contribution is 6.83. The molecule has 5 aromatic rings. The second-order valence-corrected chi connectivity index (χ2v) is 14.6. The third-order valence-electron chi connectivity index (χ3n) is 6.10. The lowest BCUT2D eigenvalue weighted by Crippen LogP contribution is -2.16. The lowest BCUT2D eigenvalue weighted by molar-refractivity contribution is 0.112. The highest BCUT2D eigenvalue weighted by Gasteiger charge is 2.16. The fourth-order valence-electron chi connectivity index (χ4n) is 4.39. The van der Waals surface area contributed by atoms with Gasteiger partial charge in [0.25, 0.3) is 0 Å².